The molecular formula is C10H19F3N2O2. The number of hydrogen-bond acceptors (Lipinski definition) is 3. The summed E-state index contributed by atoms with van der Waals surface area (Å²) >= 11 is 0. The quantitative estimate of drug-likeness (QED) is 0.641. The van der Waals surface area contributed by atoms with Crippen LogP contribution in [0.1, 0.15) is 25.7 Å². The molecule has 0 spiro atoms. The van der Waals surface area contributed by atoms with Crippen molar-refractivity contribution in [2.24, 2.45) is 5.73 Å². The Morgan fingerprint density at radius 1 is 1.41 bits per heavy atom. The fourth-order valence-electron chi connectivity index (χ4n) is 1.21. The first-order valence-corrected chi connectivity index (χ1v) is 5.46. The minimum atomic E-state index is -4.18. The molecule has 0 rings (SSSR count). The molecule has 0 aliphatic rings. The lowest BCUT2D eigenvalue weighted by atomic mass is 10.1. The first kappa shape index (κ1) is 16.2. The number of carbonyl (C=O) groups is 1. The van der Waals surface area contributed by atoms with Crippen LogP contribution in [-0.2, 0) is 9.53 Å². The van der Waals surface area contributed by atoms with E-state index in [1.807, 2.05) is 0 Å². The summed E-state index contributed by atoms with van der Waals surface area (Å²) in [5.41, 5.74) is 5.54. The van der Waals surface area contributed by atoms with Gasteiger partial charge in [0.05, 0.1) is 6.04 Å². The van der Waals surface area contributed by atoms with Crippen LogP contribution in [0.2, 0.25) is 0 Å². The standard InChI is InChI=1S/C10H19F3N2O2/c1-17-7-2-4-8(14)9(16)15-6-3-5-10(11,12)13/h8H,2-7,14H2,1H3,(H,15,16). The van der Waals surface area contributed by atoms with Crippen molar-refractivity contribution < 1.29 is 22.7 Å². The molecule has 1 amide bonds. The lowest BCUT2D eigenvalue weighted by Gasteiger charge is -2.12. The molecule has 102 valence electrons. The van der Waals surface area contributed by atoms with E-state index in [1.54, 1.807) is 7.11 Å². The summed E-state index contributed by atoms with van der Waals surface area (Å²) < 4.78 is 40.2. The zero-order chi connectivity index (χ0) is 13.3. The van der Waals surface area contributed by atoms with Crippen molar-refractivity contribution in [3.63, 3.8) is 0 Å². The number of methoxy groups -OCH3 is 1. The summed E-state index contributed by atoms with van der Waals surface area (Å²) in [6, 6.07) is -0.684. The summed E-state index contributed by atoms with van der Waals surface area (Å²) in [6.07, 6.45) is -4.09. The minimum Gasteiger partial charge on any atom is -0.385 e. The van der Waals surface area contributed by atoms with Crippen molar-refractivity contribution in [1.82, 2.24) is 5.32 Å². The van der Waals surface area contributed by atoms with E-state index in [1.165, 1.54) is 0 Å². The normalized spacial score (nSPS) is 13.5. The molecular weight excluding hydrogens is 237 g/mol. The second-order valence-electron chi connectivity index (χ2n) is 3.75. The molecule has 0 aromatic rings. The second kappa shape index (κ2) is 8.30. The number of ether oxygens (including phenoxy) is 1. The fraction of sp³-hybridized carbons (Fsp3) is 0.900. The van der Waals surface area contributed by atoms with E-state index >= 15 is 0 Å². The summed E-state index contributed by atoms with van der Waals surface area (Å²) in [6.45, 7) is 0.505. The highest BCUT2D eigenvalue weighted by molar-refractivity contribution is 5.81. The Hall–Kier alpha value is -0.820. The molecule has 0 aliphatic heterocycles. The van der Waals surface area contributed by atoms with E-state index < -0.39 is 24.5 Å². The van der Waals surface area contributed by atoms with Crippen LogP contribution in [0, 0.1) is 0 Å². The molecule has 0 fully saturated rings. The largest absolute Gasteiger partial charge is 0.389 e. The Bertz CT molecular complexity index is 222. The van der Waals surface area contributed by atoms with Crippen molar-refractivity contribution in [3.8, 4) is 0 Å². The Kier molecular flexibility index (Phi) is 7.90. The van der Waals surface area contributed by atoms with Crippen LogP contribution < -0.4 is 11.1 Å². The van der Waals surface area contributed by atoms with Gasteiger partial charge in [-0.2, -0.15) is 13.2 Å². The van der Waals surface area contributed by atoms with Crippen LogP contribution in [0.3, 0.4) is 0 Å². The lowest BCUT2D eigenvalue weighted by molar-refractivity contribution is -0.136. The van der Waals surface area contributed by atoms with Crippen LogP contribution in [0.5, 0.6) is 0 Å². The third kappa shape index (κ3) is 10.1. The topological polar surface area (TPSA) is 64.3 Å². The molecule has 0 aromatic heterocycles. The van der Waals surface area contributed by atoms with Crippen molar-refractivity contribution >= 4 is 5.91 Å². The van der Waals surface area contributed by atoms with Crippen LogP contribution in [0.15, 0.2) is 0 Å². The molecule has 3 N–H and O–H groups in total. The predicted molar refractivity (Wildman–Crippen MR) is 57.4 cm³/mol. The highest BCUT2D eigenvalue weighted by Gasteiger charge is 2.26. The molecule has 0 heterocycles. The Morgan fingerprint density at radius 2 is 2.06 bits per heavy atom. The van der Waals surface area contributed by atoms with Crippen molar-refractivity contribution in [2.45, 2.75) is 37.9 Å². The third-order valence-corrected chi connectivity index (χ3v) is 2.14. The molecule has 0 saturated carbocycles. The van der Waals surface area contributed by atoms with Gasteiger partial charge in [0.25, 0.3) is 0 Å². The van der Waals surface area contributed by atoms with Gasteiger partial charge in [-0.05, 0) is 19.3 Å². The Labute approximate surface area is 98.7 Å². The van der Waals surface area contributed by atoms with Crippen LogP contribution >= 0.6 is 0 Å². The number of rotatable bonds is 8. The van der Waals surface area contributed by atoms with E-state index in [4.69, 9.17) is 10.5 Å². The Balaban J connectivity index is 3.57. The average molecular weight is 256 g/mol. The maximum Gasteiger partial charge on any atom is 0.389 e. The van der Waals surface area contributed by atoms with E-state index in [0.29, 0.717) is 19.4 Å². The maximum atomic E-state index is 11.8. The van der Waals surface area contributed by atoms with Crippen LogP contribution in [0.4, 0.5) is 13.2 Å². The lowest BCUT2D eigenvalue weighted by Crippen LogP contribution is -2.41. The zero-order valence-corrected chi connectivity index (χ0v) is 9.85. The van der Waals surface area contributed by atoms with Gasteiger partial charge in [-0.3, -0.25) is 4.79 Å². The van der Waals surface area contributed by atoms with Gasteiger partial charge >= 0.3 is 6.18 Å². The molecule has 0 saturated heterocycles. The average Bonchev–Trinajstić information content (AvgIpc) is 2.23. The monoisotopic (exact) mass is 256 g/mol. The summed E-state index contributed by atoms with van der Waals surface area (Å²) in [7, 11) is 1.54. The van der Waals surface area contributed by atoms with Crippen LogP contribution in [-0.4, -0.2) is 38.4 Å². The molecule has 0 radical (unpaired) electrons. The highest BCUT2D eigenvalue weighted by Crippen LogP contribution is 2.20. The first-order chi connectivity index (χ1) is 7.87. The van der Waals surface area contributed by atoms with E-state index in [-0.39, 0.29) is 13.0 Å². The molecule has 17 heavy (non-hydrogen) atoms. The van der Waals surface area contributed by atoms with E-state index in [0.717, 1.165) is 0 Å². The number of nitrogens with one attached hydrogen (secondary N) is 1. The van der Waals surface area contributed by atoms with Gasteiger partial charge in [-0.15, -0.1) is 0 Å². The molecule has 1 unspecified atom stereocenters. The smallest absolute Gasteiger partial charge is 0.385 e. The Morgan fingerprint density at radius 3 is 2.59 bits per heavy atom. The van der Waals surface area contributed by atoms with Gasteiger partial charge in [0.15, 0.2) is 0 Å². The number of carbonyl (C=O) groups excluding carboxylic acids is 1. The van der Waals surface area contributed by atoms with Gasteiger partial charge in [-0.25, -0.2) is 0 Å². The van der Waals surface area contributed by atoms with Gasteiger partial charge in [0.2, 0.25) is 5.91 Å². The highest BCUT2D eigenvalue weighted by atomic mass is 19.4. The van der Waals surface area contributed by atoms with Crippen LogP contribution in [0.25, 0.3) is 0 Å². The van der Waals surface area contributed by atoms with Gasteiger partial charge < -0.3 is 15.8 Å². The molecule has 4 nitrogen and oxygen atoms in total. The summed E-state index contributed by atoms with van der Waals surface area (Å²) in [5.74, 6) is -0.414. The van der Waals surface area contributed by atoms with Gasteiger partial charge in [0.1, 0.15) is 0 Å². The van der Waals surface area contributed by atoms with Crippen molar-refractivity contribution in [2.75, 3.05) is 20.3 Å². The summed E-state index contributed by atoms with van der Waals surface area (Å²) in [5, 5.41) is 2.38. The molecule has 7 heteroatoms. The molecule has 0 aliphatic carbocycles. The van der Waals surface area contributed by atoms with E-state index in [9.17, 15) is 18.0 Å². The summed E-state index contributed by atoms with van der Waals surface area (Å²) in [4.78, 5) is 11.3. The number of nitrogens with two attached hydrogens (primary N) is 1. The van der Waals surface area contributed by atoms with Gasteiger partial charge in [0, 0.05) is 26.7 Å². The molecule has 0 bridgehead atoms. The predicted octanol–water partition coefficient (Wildman–Crippen LogP) is 1.20. The first-order valence-electron chi connectivity index (χ1n) is 5.46. The fourth-order valence-corrected chi connectivity index (χ4v) is 1.21. The number of halogens is 3. The van der Waals surface area contributed by atoms with Gasteiger partial charge in [-0.1, -0.05) is 0 Å². The molecule has 0 aromatic carbocycles. The van der Waals surface area contributed by atoms with Crippen molar-refractivity contribution in [3.05, 3.63) is 0 Å². The van der Waals surface area contributed by atoms with E-state index in [2.05, 4.69) is 5.32 Å². The number of hydrogen-bond donors (Lipinski definition) is 2. The van der Waals surface area contributed by atoms with Crippen molar-refractivity contribution in [1.29, 1.82) is 0 Å². The second-order valence-corrected chi connectivity index (χ2v) is 3.75. The third-order valence-electron chi connectivity index (χ3n) is 2.14. The maximum absolute atomic E-state index is 11.8. The number of alkyl halides is 3. The molecule has 1 atom stereocenters. The zero-order valence-electron chi connectivity index (χ0n) is 9.85. The minimum absolute atomic E-state index is 0.00365. The number of amides is 1. The SMILES string of the molecule is COCCCC(N)C(=O)NCCCC(F)(F)F.